The highest BCUT2D eigenvalue weighted by atomic mass is 19.1. The van der Waals surface area contributed by atoms with Gasteiger partial charge in [-0.3, -0.25) is 10.1 Å². The maximum atomic E-state index is 13.5. The van der Waals surface area contributed by atoms with E-state index < -0.39 is 4.92 Å². The molecule has 0 bridgehead atoms. The van der Waals surface area contributed by atoms with E-state index in [1.807, 2.05) is 35.0 Å². The number of halogens is 1. The lowest BCUT2D eigenvalue weighted by Gasteiger charge is -2.05. The van der Waals surface area contributed by atoms with Crippen LogP contribution in [-0.2, 0) is 6.54 Å². The van der Waals surface area contributed by atoms with Gasteiger partial charge in [-0.25, -0.2) is 9.37 Å². The van der Waals surface area contributed by atoms with Gasteiger partial charge in [-0.15, -0.1) is 0 Å². The molecule has 1 N–H and O–H groups in total. The van der Waals surface area contributed by atoms with E-state index in [1.54, 1.807) is 24.3 Å². The molecule has 0 saturated carbocycles. The molecule has 8 heteroatoms. The van der Waals surface area contributed by atoms with E-state index in [2.05, 4.69) is 16.0 Å². The molecule has 0 fully saturated rings. The van der Waals surface area contributed by atoms with Gasteiger partial charge in [-0.1, -0.05) is 30.3 Å². The van der Waals surface area contributed by atoms with Crippen LogP contribution in [0, 0.1) is 27.3 Å². The number of nitrogens with zero attached hydrogens (tertiary/aromatic N) is 4. The number of benzene rings is 3. The van der Waals surface area contributed by atoms with E-state index in [1.165, 1.54) is 24.3 Å². The Morgan fingerprint density at radius 2 is 1.97 bits per heavy atom. The molecule has 2 aromatic heterocycles. The van der Waals surface area contributed by atoms with Crippen molar-refractivity contribution in [1.82, 2.24) is 14.5 Å². The molecule has 2 heterocycles. The lowest BCUT2D eigenvalue weighted by Crippen LogP contribution is -1.98. The average Bonchev–Trinajstić information content (AvgIpc) is 3.39. The number of allylic oxidation sites excluding steroid dienone is 1. The lowest BCUT2D eigenvalue weighted by atomic mass is 10.1. The fourth-order valence-electron chi connectivity index (χ4n) is 3.86. The zero-order valence-electron chi connectivity index (χ0n) is 17.2. The molecule has 0 aliphatic rings. The minimum absolute atomic E-state index is 0.0455. The summed E-state index contributed by atoms with van der Waals surface area (Å²) in [6.07, 6.45) is 3.69. The minimum atomic E-state index is -0.423. The first kappa shape index (κ1) is 20.2. The second-order valence-electron chi connectivity index (χ2n) is 7.57. The molecule has 160 valence electrons. The summed E-state index contributed by atoms with van der Waals surface area (Å²) < 4.78 is 15.6. The van der Waals surface area contributed by atoms with Gasteiger partial charge in [0.1, 0.15) is 17.7 Å². The number of aromatic nitrogens is 3. The number of hydrogen-bond acceptors (Lipinski definition) is 4. The summed E-state index contributed by atoms with van der Waals surface area (Å²) in [6, 6.07) is 20.7. The molecule has 3 aromatic carbocycles. The predicted octanol–water partition coefficient (Wildman–Crippen LogP) is 5.68. The number of para-hydroxylation sites is 1. The SMILES string of the molecule is N#C/C(=C/c1cn(Cc2ccc([N+](=O)[O-])cc2)c2ccccc12)c1nc2ccc(F)cc2[nH]1. The molecule has 0 aliphatic heterocycles. The predicted molar refractivity (Wildman–Crippen MR) is 124 cm³/mol. The van der Waals surface area contributed by atoms with Gasteiger partial charge in [0, 0.05) is 41.3 Å². The van der Waals surface area contributed by atoms with Gasteiger partial charge < -0.3 is 9.55 Å². The van der Waals surface area contributed by atoms with Crippen LogP contribution < -0.4 is 0 Å². The van der Waals surface area contributed by atoms with E-state index in [-0.39, 0.29) is 11.5 Å². The third-order valence-electron chi connectivity index (χ3n) is 5.44. The van der Waals surface area contributed by atoms with Gasteiger partial charge in [0.15, 0.2) is 0 Å². The minimum Gasteiger partial charge on any atom is -0.342 e. The number of nitro benzene ring substituents is 1. The molecular weight excluding hydrogens is 421 g/mol. The Kier molecular flexibility index (Phi) is 4.92. The molecule has 0 atom stereocenters. The van der Waals surface area contributed by atoms with Crippen molar-refractivity contribution in [3.05, 3.63) is 106 Å². The maximum absolute atomic E-state index is 13.5. The van der Waals surface area contributed by atoms with Crippen LogP contribution in [0.15, 0.2) is 72.9 Å². The highest BCUT2D eigenvalue weighted by Gasteiger charge is 2.13. The Labute approximate surface area is 187 Å². The van der Waals surface area contributed by atoms with Crippen LogP contribution in [0.25, 0.3) is 33.6 Å². The zero-order valence-corrected chi connectivity index (χ0v) is 17.2. The van der Waals surface area contributed by atoms with Crippen molar-refractivity contribution < 1.29 is 9.31 Å². The van der Waals surface area contributed by atoms with E-state index >= 15 is 0 Å². The number of imidazole rings is 1. The van der Waals surface area contributed by atoms with Crippen molar-refractivity contribution in [2.75, 3.05) is 0 Å². The zero-order chi connectivity index (χ0) is 22.9. The molecule has 7 nitrogen and oxygen atoms in total. The summed E-state index contributed by atoms with van der Waals surface area (Å²) in [5, 5.41) is 21.7. The highest BCUT2D eigenvalue weighted by molar-refractivity contribution is 5.98. The number of nitriles is 1. The topological polar surface area (TPSA) is 101 Å². The van der Waals surface area contributed by atoms with Crippen LogP contribution in [0.5, 0.6) is 0 Å². The van der Waals surface area contributed by atoms with Crippen LogP contribution in [0.4, 0.5) is 10.1 Å². The van der Waals surface area contributed by atoms with E-state index in [0.717, 1.165) is 22.0 Å². The number of H-pyrrole nitrogens is 1. The molecule has 33 heavy (non-hydrogen) atoms. The standard InChI is InChI=1S/C25H16FN5O2/c26-19-7-10-22-23(12-19)29-25(28-22)17(13-27)11-18-15-30(24-4-2-1-3-21(18)24)14-16-5-8-20(9-6-16)31(32)33/h1-12,15H,14H2,(H,28,29)/b17-11-. The first-order chi connectivity index (χ1) is 16.0. The Morgan fingerprint density at radius 3 is 2.73 bits per heavy atom. The van der Waals surface area contributed by atoms with Crippen molar-refractivity contribution in [2.45, 2.75) is 6.54 Å². The molecule has 0 amide bonds. The Hall–Kier alpha value is -4.77. The molecule has 0 radical (unpaired) electrons. The largest absolute Gasteiger partial charge is 0.342 e. The van der Waals surface area contributed by atoms with Gasteiger partial charge in [-0.05, 0) is 35.9 Å². The van der Waals surface area contributed by atoms with Crippen LogP contribution in [0.1, 0.15) is 17.0 Å². The monoisotopic (exact) mass is 437 g/mol. The van der Waals surface area contributed by atoms with Crippen LogP contribution >= 0.6 is 0 Å². The van der Waals surface area contributed by atoms with Crippen molar-refractivity contribution in [1.29, 1.82) is 5.26 Å². The third-order valence-corrected chi connectivity index (χ3v) is 5.44. The van der Waals surface area contributed by atoms with Crippen molar-refractivity contribution in [2.24, 2.45) is 0 Å². The van der Waals surface area contributed by atoms with Crippen molar-refractivity contribution in [3.63, 3.8) is 0 Å². The van der Waals surface area contributed by atoms with Crippen molar-refractivity contribution >= 4 is 39.3 Å². The van der Waals surface area contributed by atoms with Crippen LogP contribution in [0.3, 0.4) is 0 Å². The van der Waals surface area contributed by atoms with Crippen molar-refractivity contribution in [3.8, 4) is 6.07 Å². The summed E-state index contributed by atoms with van der Waals surface area (Å²) in [5.74, 6) is -0.0141. The summed E-state index contributed by atoms with van der Waals surface area (Å²) >= 11 is 0. The molecule has 5 aromatic rings. The molecular formula is C25H16FN5O2. The molecule has 0 saturated heterocycles. The fraction of sp³-hybridized carbons (Fsp3) is 0.0400. The summed E-state index contributed by atoms with van der Waals surface area (Å²) in [6.45, 7) is 0.512. The third kappa shape index (κ3) is 3.83. The normalized spacial score (nSPS) is 11.7. The molecule has 0 spiro atoms. The van der Waals surface area contributed by atoms with Gasteiger partial charge >= 0.3 is 0 Å². The van der Waals surface area contributed by atoms with E-state index in [0.29, 0.717) is 29.0 Å². The number of nitrogens with one attached hydrogen (secondary N) is 1. The number of non-ortho nitro benzene ring substituents is 1. The fourth-order valence-corrected chi connectivity index (χ4v) is 3.86. The number of aromatic amines is 1. The van der Waals surface area contributed by atoms with Crippen LogP contribution in [-0.4, -0.2) is 19.5 Å². The summed E-state index contributed by atoms with van der Waals surface area (Å²) in [7, 11) is 0. The van der Waals surface area contributed by atoms with Gasteiger partial charge in [-0.2, -0.15) is 5.26 Å². The average molecular weight is 437 g/mol. The smallest absolute Gasteiger partial charge is 0.269 e. The highest BCUT2D eigenvalue weighted by Crippen LogP contribution is 2.27. The Bertz CT molecular complexity index is 1590. The van der Waals surface area contributed by atoms with E-state index in [9.17, 15) is 19.8 Å². The quantitative estimate of drug-likeness (QED) is 0.217. The van der Waals surface area contributed by atoms with Gasteiger partial charge in [0.05, 0.1) is 21.5 Å². The number of nitro groups is 1. The molecule has 5 rings (SSSR count). The summed E-state index contributed by atoms with van der Waals surface area (Å²) in [4.78, 5) is 17.9. The molecule has 0 unspecified atom stereocenters. The number of fused-ring (bicyclic) bond motifs is 2. The first-order valence-corrected chi connectivity index (χ1v) is 10.1. The lowest BCUT2D eigenvalue weighted by molar-refractivity contribution is -0.384. The Balaban J connectivity index is 1.55. The number of hydrogen-bond donors (Lipinski definition) is 1. The van der Waals surface area contributed by atoms with Gasteiger partial charge in [0.25, 0.3) is 5.69 Å². The second kappa shape index (κ2) is 8.05. The first-order valence-electron chi connectivity index (χ1n) is 10.1. The second-order valence-corrected chi connectivity index (χ2v) is 7.57. The maximum Gasteiger partial charge on any atom is 0.269 e. The number of rotatable bonds is 5. The summed E-state index contributed by atoms with van der Waals surface area (Å²) in [5.41, 5.74) is 4.17. The van der Waals surface area contributed by atoms with Gasteiger partial charge in [0.2, 0.25) is 0 Å². The van der Waals surface area contributed by atoms with E-state index in [4.69, 9.17) is 0 Å². The molecule has 0 aliphatic carbocycles. The Morgan fingerprint density at radius 1 is 1.18 bits per heavy atom. The van der Waals surface area contributed by atoms with Crippen LogP contribution in [0.2, 0.25) is 0 Å².